The van der Waals surface area contributed by atoms with Gasteiger partial charge in [-0.3, -0.25) is 0 Å². The molecule has 0 spiro atoms. The standard InChI is InChI=1S/C73H86BNO.C13H10O/c1-19-25-53(44-51-33-38-55(39-34-51)69(4,5)6)46-67-63(45-52-35-40-56(41-36-52)70(7,8)9)74(62-47-57(71(10,11)12)37-32-49(62)2)64-48-58(72(13,14)15)42-43-66(64)75(67)65-31-23-21-28-59(65)60-29-24-27-54-26-20-22-30-61(73(16,17)18)50(3)76-68(54)60;1-9-5-4-7-11-10-6-2-3-8-12(10)14-13(9)11/h19-43,46-48H,44-45H2,1-18H3;2-8H,1H3/b25-19+,26-20?,30-22?,53-46+,61-50?;. The van der Waals surface area contributed by atoms with Crippen LogP contribution in [0.15, 0.2) is 238 Å². The molecule has 0 saturated heterocycles. The van der Waals surface area contributed by atoms with Gasteiger partial charge in [-0.1, -0.05) is 308 Å². The van der Waals surface area contributed by atoms with Gasteiger partial charge in [0.05, 0.1) is 5.69 Å². The van der Waals surface area contributed by atoms with Crippen LogP contribution in [0.4, 0.5) is 11.4 Å². The maximum Gasteiger partial charge on any atom is 0.242 e. The van der Waals surface area contributed by atoms with Crippen LogP contribution < -0.4 is 15.8 Å². The Labute approximate surface area is 540 Å². The number of benzene rings is 8. The van der Waals surface area contributed by atoms with Gasteiger partial charge in [0.15, 0.2) is 0 Å². The minimum absolute atomic E-state index is 0.0332. The van der Waals surface area contributed by atoms with Crippen LogP contribution in [-0.2, 0) is 39.9 Å². The van der Waals surface area contributed by atoms with E-state index in [0.29, 0.717) is 0 Å². The monoisotopic (exact) mass is 1190 g/mol. The molecule has 11 rings (SSSR count). The number of para-hydroxylation sites is 4. The first kappa shape index (κ1) is 64.6. The number of allylic oxidation sites excluding steroid dienone is 5. The summed E-state index contributed by atoms with van der Waals surface area (Å²) in [6.45, 7) is 43.3. The first-order chi connectivity index (χ1) is 42.5. The number of fused-ring (bicyclic) bond motifs is 5. The van der Waals surface area contributed by atoms with Gasteiger partial charge in [0.1, 0.15) is 22.5 Å². The number of hydrogen-bond donors (Lipinski definition) is 0. The van der Waals surface area contributed by atoms with E-state index in [9.17, 15) is 0 Å². The second-order valence-electron chi connectivity index (χ2n) is 30.3. The fourth-order valence-corrected chi connectivity index (χ4v) is 12.9. The average molecular weight is 1190 g/mol. The van der Waals surface area contributed by atoms with Gasteiger partial charge in [-0.25, -0.2) is 0 Å². The molecule has 0 bridgehead atoms. The van der Waals surface area contributed by atoms with Crippen molar-refractivity contribution in [2.75, 3.05) is 4.90 Å². The number of anilines is 2. The Morgan fingerprint density at radius 3 is 1.62 bits per heavy atom. The molecule has 0 unspecified atom stereocenters. The van der Waals surface area contributed by atoms with Crippen LogP contribution in [0.1, 0.15) is 167 Å². The van der Waals surface area contributed by atoms with E-state index in [1.54, 1.807) is 0 Å². The molecule has 3 heterocycles. The predicted octanol–water partition coefficient (Wildman–Crippen LogP) is 22.8. The van der Waals surface area contributed by atoms with E-state index in [1.165, 1.54) is 94.2 Å². The van der Waals surface area contributed by atoms with Crippen molar-refractivity contribution in [3.05, 3.63) is 285 Å². The zero-order valence-electron chi connectivity index (χ0n) is 57.5. The van der Waals surface area contributed by atoms with Crippen LogP contribution in [0.25, 0.3) is 44.0 Å². The fourth-order valence-electron chi connectivity index (χ4n) is 12.9. The molecule has 0 N–H and O–H groups in total. The summed E-state index contributed by atoms with van der Waals surface area (Å²) in [5, 5.41) is 3.45. The smallest absolute Gasteiger partial charge is 0.242 e. The lowest BCUT2D eigenvalue weighted by Crippen LogP contribution is -2.52. The normalized spacial score (nSPS) is 13.5. The third-order valence-electron chi connectivity index (χ3n) is 18.1. The molecule has 0 fully saturated rings. The highest BCUT2D eigenvalue weighted by Crippen LogP contribution is 2.45. The first-order valence-corrected chi connectivity index (χ1v) is 32.6. The summed E-state index contributed by atoms with van der Waals surface area (Å²) in [4.78, 5) is 2.62. The third-order valence-corrected chi connectivity index (χ3v) is 18.1. The topological polar surface area (TPSA) is 29.5 Å². The van der Waals surface area contributed by atoms with Crippen LogP contribution >= 0.6 is 0 Å². The van der Waals surface area contributed by atoms with Crippen LogP contribution in [0.2, 0.25) is 0 Å². The number of rotatable bonds is 9. The van der Waals surface area contributed by atoms with Crippen molar-refractivity contribution in [2.45, 2.75) is 171 Å². The number of aryl methyl sites for hydroxylation is 3. The fraction of sp³-hybridized carbons (Fsp3) is 0.302. The van der Waals surface area contributed by atoms with Crippen LogP contribution in [0, 0.1) is 20.8 Å². The zero-order valence-corrected chi connectivity index (χ0v) is 57.5. The molecule has 0 saturated carbocycles. The third kappa shape index (κ3) is 14.0. The second kappa shape index (κ2) is 25.5. The van der Waals surface area contributed by atoms with Crippen molar-refractivity contribution in [3.63, 3.8) is 0 Å². The summed E-state index contributed by atoms with van der Waals surface area (Å²) in [7, 11) is 0. The van der Waals surface area contributed by atoms with E-state index in [2.05, 4.69) is 331 Å². The first-order valence-electron chi connectivity index (χ1n) is 32.6. The highest BCUT2D eigenvalue weighted by atomic mass is 16.3. The lowest BCUT2D eigenvalue weighted by Gasteiger charge is -2.41. The van der Waals surface area contributed by atoms with Crippen molar-refractivity contribution in [2.24, 2.45) is 0 Å². The van der Waals surface area contributed by atoms with Gasteiger partial charge in [0.25, 0.3) is 0 Å². The minimum atomic E-state index is -0.120. The molecule has 460 valence electrons. The molecule has 8 aromatic carbocycles. The summed E-state index contributed by atoms with van der Waals surface area (Å²) in [6, 6.07) is 72.2. The molecule has 4 heteroatoms. The summed E-state index contributed by atoms with van der Waals surface area (Å²) in [5.41, 5.74) is 25.2. The Balaban J connectivity index is 0.000000553. The Morgan fingerprint density at radius 2 is 0.978 bits per heavy atom. The van der Waals surface area contributed by atoms with Gasteiger partial charge < -0.3 is 13.7 Å². The second-order valence-corrected chi connectivity index (χ2v) is 30.3. The summed E-state index contributed by atoms with van der Waals surface area (Å²) < 4.78 is 13.0. The van der Waals surface area contributed by atoms with Crippen molar-refractivity contribution < 1.29 is 8.83 Å². The maximum atomic E-state index is 7.21. The molecule has 1 aliphatic rings. The van der Waals surface area contributed by atoms with Gasteiger partial charge in [0.2, 0.25) is 6.71 Å². The SMILES string of the molecule is C/C=C/C(=C\C1=C(Cc2ccc(C(C)(C)C)cc2)B(c2cc(C(C)(C)C)ccc2C)c2cc(C(C)(C)C)ccc2N1c1ccccc1-c1cccc2ccccc(C(C)(C)C)c(C)oc12)Cc1ccc(C(C)(C)C)cc1.Cc1cccc2c1oc1ccccc12. The van der Waals surface area contributed by atoms with E-state index in [4.69, 9.17) is 8.83 Å². The van der Waals surface area contributed by atoms with Crippen LogP contribution in [-0.4, -0.2) is 6.71 Å². The quantitative estimate of drug-likeness (QED) is 0.107. The molecule has 90 heavy (non-hydrogen) atoms. The molecular weight excluding hydrogens is 1090 g/mol. The van der Waals surface area contributed by atoms with E-state index >= 15 is 0 Å². The van der Waals surface area contributed by atoms with Crippen LogP contribution in [0.3, 0.4) is 0 Å². The maximum absolute atomic E-state index is 7.21. The Kier molecular flexibility index (Phi) is 18.3. The number of nitrogens with zero attached hydrogens (tertiary/aromatic N) is 1. The van der Waals surface area contributed by atoms with Crippen molar-refractivity contribution in [3.8, 4) is 11.1 Å². The van der Waals surface area contributed by atoms with Gasteiger partial charge in [-0.15, -0.1) is 0 Å². The molecular formula is C86H96BNO2. The minimum Gasteiger partial charge on any atom is -0.460 e. The lowest BCUT2D eigenvalue weighted by atomic mass is 9.33. The Bertz CT molecular complexity index is 4400. The molecule has 1 aliphatic heterocycles. The van der Waals surface area contributed by atoms with E-state index < -0.39 is 0 Å². The zero-order chi connectivity index (χ0) is 64.7. The molecule has 2 aromatic heterocycles. The molecule has 0 aliphatic carbocycles. The van der Waals surface area contributed by atoms with E-state index in [1.807, 2.05) is 18.2 Å². The van der Waals surface area contributed by atoms with Gasteiger partial charge in [-0.2, -0.15) is 0 Å². The summed E-state index contributed by atoms with van der Waals surface area (Å²) in [5.74, 6) is 0.905. The highest BCUT2D eigenvalue weighted by molar-refractivity contribution is 6.92. The van der Waals surface area contributed by atoms with E-state index in [-0.39, 0.29) is 33.8 Å². The molecule has 3 nitrogen and oxygen atoms in total. The molecule has 0 amide bonds. The Morgan fingerprint density at radius 1 is 0.444 bits per heavy atom. The molecule has 0 atom stereocenters. The predicted molar refractivity (Wildman–Crippen MR) is 391 cm³/mol. The van der Waals surface area contributed by atoms with Gasteiger partial charge in [-0.05, 0) is 147 Å². The van der Waals surface area contributed by atoms with Crippen LogP contribution in [0.5, 0.6) is 0 Å². The number of furan rings is 1. The van der Waals surface area contributed by atoms with Gasteiger partial charge in [0, 0.05) is 38.7 Å². The van der Waals surface area contributed by atoms with Crippen molar-refractivity contribution in [1.29, 1.82) is 0 Å². The van der Waals surface area contributed by atoms with Crippen molar-refractivity contribution >= 4 is 61.9 Å². The molecule has 0 radical (unpaired) electrons. The average Bonchev–Trinajstić information content (AvgIpc) is 0.887. The summed E-state index contributed by atoms with van der Waals surface area (Å²) in [6.07, 6.45) is 8.62. The molecule has 10 aromatic rings. The largest absolute Gasteiger partial charge is 0.460 e. The number of hydrogen-bond acceptors (Lipinski definition) is 3. The van der Waals surface area contributed by atoms with E-state index in [0.717, 1.165) is 57.6 Å². The lowest BCUT2D eigenvalue weighted by molar-refractivity contribution is 0.512. The Hall–Kier alpha value is -8.34. The van der Waals surface area contributed by atoms with Gasteiger partial charge >= 0.3 is 0 Å². The van der Waals surface area contributed by atoms with Crippen molar-refractivity contribution in [1.82, 2.24) is 0 Å². The highest BCUT2D eigenvalue weighted by Gasteiger charge is 2.40. The summed E-state index contributed by atoms with van der Waals surface area (Å²) >= 11 is 0.